The molecule has 0 atom stereocenters. The molecule has 78 valence electrons. The van der Waals surface area contributed by atoms with Gasteiger partial charge in [-0.1, -0.05) is 38.2 Å². The van der Waals surface area contributed by atoms with Gasteiger partial charge in [0.05, 0.1) is 6.61 Å². The molecule has 0 amide bonds. The maximum Gasteiger partial charge on any atom is 0.0819 e. The van der Waals surface area contributed by atoms with E-state index < -0.39 is 0 Å². The molecule has 0 saturated carbocycles. The topological polar surface area (TPSA) is 29.5 Å². The monoisotopic (exact) mass is 186 g/mol. The van der Waals surface area contributed by atoms with Gasteiger partial charge in [-0.3, -0.25) is 5.26 Å². The number of hydrogen-bond donors (Lipinski definition) is 1. The zero-order valence-corrected chi connectivity index (χ0v) is 8.50. The lowest BCUT2D eigenvalue weighted by atomic mass is 10.1. The number of hydrogen-bond acceptors (Lipinski definition) is 2. The van der Waals surface area contributed by atoms with E-state index >= 15 is 0 Å². The van der Waals surface area contributed by atoms with Crippen molar-refractivity contribution in [2.24, 2.45) is 0 Å². The second-order valence-corrected chi connectivity index (χ2v) is 3.39. The lowest BCUT2D eigenvalue weighted by Gasteiger charge is -1.99. The predicted molar refractivity (Wildman–Crippen MR) is 55.7 cm³/mol. The minimum Gasteiger partial charge on any atom is -0.252 e. The van der Waals surface area contributed by atoms with Gasteiger partial charge in [-0.15, -0.1) is 6.58 Å². The highest BCUT2D eigenvalue weighted by molar-refractivity contribution is 4.65. The van der Waals surface area contributed by atoms with Crippen molar-refractivity contribution in [2.45, 2.75) is 51.4 Å². The second kappa shape index (κ2) is 11.7. The lowest BCUT2D eigenvalue weighted by molar-refractivity contribution is -0.242. The Morgan fingerprint density at radius 3 is 2.00 bits per heavy atom. The van der Waals surface area contributed by atoms with Gasteiger partial charge in [0.2, 0.25) is 0 Å². The van der Waals surface area contributed by atoms with Gasteiger partial charge in [0.25, 0.3) is 0 Å². The van der Waals surface area contributed by atoms with Gasteiger partial charge in [0.15, 0.2) is 0 Å². The van der Waals surface area contributed by atoms with Gasteiger partial charge in [0, 0.05) is 0 Å². The largest absolute Gasteiger partial charge is 0.252 e. The second-order valence-electron chi connectivity index (χ2n) is 3.39. The fourth-order valence-electron chi connectivity index (χ4n) is 1.34. The summed E-state index contributed by atoms with van der Waals surface area (Å²) in [5.74, 6) is 0. The summed E-state index contributed by atoms with van der Waals surface area (Å²) in [7, 11) is 0. The van der Waals surface area contributed by atoms with Crippen molar-refractivity contribution in [3.8, 4) is 0 Å². The molecule has 0 aliphatic rings. The smallest absolute Gasteiger partial charge is 0.0819 e. The van der Waals surface area contributed by atoms with Gasteiger partial charge >= 0.3 is 0 Å². The van der Waals surface area contributed by atoms with E-state index in [1.165, 1.54) is 38.5 Å². The van der Waals surface area contributed by atoms with E-state index in [9.17, 15) is 0 Å². The zero-order valence-electron chi connectivity index (χ0n) is 8.50. The molecular formula is C11H22O2. The van der Waals surface area contributed by atoms with Crippen molar-refractivity contribution in [2.75, 3.05) is 6.61 Å². The predicted octanol–water partition coefficient (Wildman–Crippen LogP) is 3.78. The summed E-state index contributed by atoms with van der Waals surface area (Å²) >= 11 is 0. The Morgan fingerprint density at radius 2 is 1.46 bits per heavy atom. The van der Waals surface area contributed by atoms with Crippen LogP contribution in [0.15, 0.2) is 12.7 Å². The minimum atomic E-state index is 0.483. The first-order chi connectivity index (χ1) is 6.41. The third-order valence-corrected chi connectivity index (χ3v) is 2.14. The molecule has 2 heteroatoms. The van der Waals surface area contributed by atoms with Crippen molar-refractivity contribution in [1.29, 1.82) is 0 Å². The van der Waals surface area contributed by atoms with E-state index in [0.717, 1.165) is 12.8 Å². The maximum absolute atomic E-state index is 8.06. The summed E-state index contributed by atoms with van der Waals surface area (Å²) in [5, 5.41) is 8.06. The summed E-state index contributed by atoms with van der Waals surface area (Å²) in [4.78, 5) is 3.99. The van der Waals surface area contributed by atoms with Crippen LogP contribution >= 0.6 is 0 Å². The summed E-state index contributed by atoms with van der Waals surface area (Å²) in [6.07, 6.45) is 11.8. The van der Waals surface area contributed by atoms with Gasteiger partial charge < -0.3 is 0 Å². The lowest BCUT2D eigenvalue weighted by Crippen LogP contribution is -1.88. The Bertz CT molecular complexity index is 102. The molecule has 0 aliphatic carbocycles. The Balaban J connectivity index is 2.79. The van der Waals surface area contributed by atoms with E-state index in [1.54, 1.807) is 0 Å². The average molecular weight is 186 g/mol. The van der Waals surface area contributed by atoms with Crippen LogP contribution in [0, 0.1) is 0 Å². The van der Waals surface area contributed by atoms with Crippen LogP contribution in [-0.2, 0) is 4.89 Å². The molecule has 2 nitrogen and oxygen atoms in total. The Hall–Kier alpha value is -0.340. The van der Waals surface area contributed by atoms with Crippen LogP contribution in [0.4, 0.5) is 0 Å². The Morgan fingerprint density at radius 1 is 0.923 bits per heavy atom. The first kappa shape index (κ1) is 12.7. The van der Waals surface area contributed by atoms with Crippen LogP contribution in [0.1, 0.15) is 51.4 Å². The number of allylic oxidation sites excluding steroid dienone is 1. The summed E-state index contributed by atoms with van der Waals surface area (Å²) < 4.78 is 0. The van der Waals surface area contributed by atoms with Crippen molar-refractivity contribution < 1.29 is 10.1 Å². The summed E-state index contributed by atoms with van der Waals surface area (Å²) in [6.45, 7) is 4.17. The highest BCUT2D eigenvalue weighted by Crippen LogP contribution is 2.08. The van der Waals surface area contributed by atoms with Crippen LogP contribution in [0.2, 0.25) is 0 Å². The van der Waals surface area contributed by atoms with Gasteiger partial charge in [-0.2, -0.15) is 0 Å². The van der Waals surface area contributed by atoms with E-state index in [1.807, 2.05) is 6.08 Å². The van der Waals surface area contributed by atoms with Gasteiger partial charge in [0.1, 0.15) is 0 Å². The molecule has 0 spiro atoms. The number of rotatable bonds is 10. The molecule has 0 aromatic heterocycles. The molecular weight excluding hydrogens is 164 g/mol. The number of unbranched alkanes of at least 4 members (excludes halogenated alkanes) is 7. The molecule has 1 N–H and O–H groups in total. The van der Waals surface area contributed by atoms with E-state index in [-0.39, 0.29) is 0 Å². The van der Waals surface area contributed by atoms with E-state index in [0.29, 0.717) is 6.61 Å². The maximum atomic E-state index is 8.06. The van der Waals surface area contributed by atoms with Crippen LogP contribution in [0.25, 0.3) is 0 Å². The molecule has 0 heterocycles. The molecule has 0 rings (SSSR count). The third-order valence-electron chi connectivity index (χ3n) is 2.14. The van der Waals surface area contributed by atoms with Crippen molar-refractivity contribution >= 4 is 0 Å². The summed E-state index contributed by atoms with van der Waals surface area (Å²) in [6, 6.07) is 0. The molecule has 13 heavy (non-hydrogen) atoms. The average Bonchev–Trinajstić information content (AvgIpc) is 2.16. The Labute approximate surface area is 81.5 Å². The van der Waals surface area contributed by atoms with Crippen molar-refractivity contribution in [1.82, 2.24) is 0 Å². The van der Waals surface area contributed by atoms with Gasteiger partial charge in [-0.25, -0.2) is 4.89 Å². The third kappa shape index (κ3) is 11.7. The molecule has 0 saturated heterocycles. The fourth-order valence-corrected chi connectivity index (χ4v) is 1.34. The highest BCUT2D eigenvalue weighted by Gasteiger charge is 1.91. The molecule has 0 bridgehead atoms. The first-order valence-electron chi connectivity index (χ1n) is 5.29. The van der Waals surface area contributed by atoms with Crippen LogP contribution in [0.3, 0.4) is 0 Å². The van der Waals surface area contributed by atoms with Crippen LogP contribution < -0.4 is 0 Å². The van der Waals surface area contributed by atoms with Gasteiger partial charge in [-0.05, 0) is 19.3 Å². The molecule has 0 aromatic rings. The molecule has 0 radical (unpaired) electrons. The molecule has 0 aromatic carbocycles. The van der Waals surface area contributed by atoms with Crippen molar-refractivity contribution in [3.05, 3.63) is 12.7 Å². The Kier molecular flexibility index (Phi) is 11.4. The molecule has 0 unspecified atom stereocenters. The van der Waals surface area contributed by atoms with E-state index in [2.05, 4.69) is 11.5 Å². The fraction of sp³-hybridized carbons (Fsp3) is 0.818. The summed E-state index contributed by atoms with van der Waals surface area (Å²) in [5.41, 5.74) is 0. The molecule has 0 fully saturated rings. The SMILES string of the molecule is C=CCCCCCCCCCOO. The highest BCUT2D eigenvalue weighted by atomic mass is 17.1. The normalized spacial score (nSPS) is 10.2. The molecule has 0 aliphatic heterocycles. The van der Waals surface area contributed by atoms with Crippen molar-refractivity contribution in [3.63, 3.8) is 0 Å². The minimum absolute atomic E-state index is 0.483. The standard InChI is InChI=1S/C11H22O2/c1-2-3-4-5-6-7-8-9-10-11-13-12/h2,12H,1,3-11H2. The van der Waals surface area contributed by atoms with Crippen LogP contribution in [0.5, 0.6) is 0 Å². The van der Waals surface area contributed by atoms with E-state index in [4.69, 9.17) is 5.26 Å². The van der Waals surface area contributed by atoms with Crippen LogP contribution in [-0.4, -0.2) is 11.9 Å². The quantitative estimate of drug-likeness (QED) is 0.243. The zero-order chi connectivity index (χ0) is 9.78. The first-order valence-corrected chi connectivity index (χ1v) is 5.29.